The highest BCUT2D eigenvalue weighted by Crippen LogP contribution is 2.23. The summed E-state index contributed by atoms with van der Waals surface area (Å²) >= 11 is 0. The molecule has 0 spiro atoms. The summed E-state index contributed by atoms with van der Waals surface area (Å²) in [4.78, 5) is 26.3. The molecule has 0 bridgehead atoms. The van der Waals surface area contributed by atoms with Gasteiger partial charge in [-0.15, -0.1) is 0 Å². The Balaban J connectivity index is 2.76. The smallest absolute Gasteiger partial charge is 0.245 e. The molecule has 0 atom stereocenters. The molecule has 1 rings (SSSR count). The van der Waals surface area contributed by atoms with Crippen LogP contribution in [0.2, 0.25) is 0 Å². The lowest BCUT2D eigenvalue weighted by molar-refractivity contribution is -0.136. The van der Waals surface area contributed by atoms with Crippen LogP contribution in [0, 0.1) is 0 Å². The molecule has 136 valence electrons. The second kappa shape index (κ2) is 8.31. The number of anilines is 1. The maximum absolute atomic E-state index is 12.4. The minimum absolute atomic E-state index is 0.00298. The van der Waals surface area contributed by atoms with Crippen molar-refractivity contribution in [2.24, 2.45) is 7.05 Å². The molecule has 1 N–H and O–H groups in total. The van der Waals surface area contributed by atoms with E-state index in [1.54, 1.807) is 16.6 Å². The van der Waals surface area contributed by atoms with Gasteiger partial charge in [-0.05, 0) is 20.3 Å². The fraction of sp³-hybridized carbons (Fsp3) is 0.722. The highest BCUT2D eigenvalue weighted by molar-refractivity contribution is 5.94. The van der Waals surface area contributed by atoms with E-state index in [1.807, 2.05) is 19.9 Å². The maximum atomic E-state index is 12.4. The van der Waals surface area contributed by atoms with Crippen molar-refractivity contribution >= 4 is 17.6 Å². The van der Waals surface area contributed by atoms with Crippen LogP contribution in [-0.4, -0.2) is 39.1 Å². The summed E-state index contributed by atoms with van der Waals surface area (Å²) in [6.07, 6.45) is 2.30. The van der Waals surface area contributed by atoms with Gasteiger partial charge in [0.15, 0.2) is 0 Å². The molecular weight excluding hydrogens is 304 g/mol. The Hall–Kier alpha value is -1.85. The van der Waals surface area contributed by atoms with Crippen molar-refractivity contribution < 1.29 is 9.59 Å². The molecule has 0 aliphatic carbocycles. The van der Waals surface area contributed by atoms with Gasteiger partial charge < -0.3 is 10.2 Å². The molecule has 0 unspecified atom stereocenters. The van der Waals surface area contributed by atoms with E-state index in [2.05, 4.69) is 38.1 Å². The van der Waals surface area contributed by atoms with Gasteiger partial charge in [-0.1, -0.05) is 34.1 Å². The van der Waals surface area contributed by atoms with E-state index in [0.717, 1.165) is 18.5 Å². The SMILES string of the molecule is CCCCC(=O)N(CC(=O)Nc1cc(C(C)(C)C)nn1C)C(C)C. The minimum Gasteiger partial charge on any atom is -0.331 e. The zero-order chi connectivity index (χ0) is 18.5. The minimum atomic E-state index is -0.197. The summed E-state index contributed by atoms with van der Waals surface area (Å²) in [7, 11) is 1.80. The summed E-state index contributed by atoms with van der Waals surface area (Å²) in [6.45, 7) is 12.2. The lowest BCUT2D eigenvalue weighted by Crippen LogP contribution is -2.42. The zero-order valence-corrected chi connectivity index (χ0v) is 16.1. The lowest BCUT2D eigenvalue weighted by Gasteiger charge is -2.26. The first-order valence-corrected chi connectivity index (χ1v) is 8.70. The summed E-state index contributed by atoms with van der Waals surface area (Å²) in [6, 6.07) is 1.88. The van der Waals surface area contributed by atoms with Gasteiger partial charge in [0, 0.05) is 31.0 Å². The summed E-state index contributed by atoms with van der Waals surface area (Å²) in [5.74, 6) is 0.481. The maximum Gasteiger partial charge on any atom is 0.245 e. The highest BCUT2D eigenvalue weighted by Gasteiger charge is 2.22. The van der Waals surface area contributed by atoms with Crippen LogP contribution in [0.1, 0.15) is 66.5 Å². The van der Waals surface area contributed by atoms with Crippen molar-refractivity contribution in [2.75, 3.05) is 11.9 Å². The molecule has 1 aromatic rings. The number of nitrogens with zero attached hydrogens (tertiary/aromatic N) is 3. The Morgan fingerprint density at radius 1 is 1.33 bits per heavy atom. The molecule has 2 amide bonds. The molecule has 0 aliphatic heterocycles. The second-order valence-corrected chi connectivity index (χ2v) is 7.56. The molecule has 0 saturated heterocycles. The molecule has 24 heavy (non-hydrogen) atoms. The fourth-order valence-corrected chi connectivity index (χ4v) is 2.32. The van der Waals surface area contributed by atoms with Crippen LogP contribution >= 0.6 is 0 Å². The Bertz CT molecular complexity index is 570. The van der Waals surface area contributed by atoms with Gasteiger partial charge in [0.05, 0.1) is 5.69 Å². The number of aryl methyl sites for hydroxylation is 1. The molecule has 1 heterocycles. The predicted molar refractivity (Wildman–Crippen MR) is 96.9 cm³/mol. The fourth-order valence-electron chi connectivity index (χ4n) is 2.32. The average molecular weight is 336 g/mol. The number of aromatic nitrogens is 2. The predicted octanol–water partition coefficient (Wildman–Crippen LogP) is 3.08. The van der Waals surface area contributed by atoms with Gasteiger partial charge in [-0.2, -0.15) is 5.10 Å². The van der Waals surface area contributed by atoms with Crippen LogP contribution in [0.15, 0.2) is 6.07 Å². The van der Waals surface area contributed by atoms with E-state index < -0.39 is 0 Å². The first kappa shape index (κ1) is 20.2. The van der Waals surface area contributed by atoms with Gasteiger partial charge >= 0.3 is 0 Å². The van der Waals surface area contributed by atoms with E-state index in [0.29, 0.717) is 12.2 Å². The van der Waals surface area contributed by atoms with Crippen molar-refractivity contribution in [3.8, 4) is 0 Å². The Kier molecular flexibility index (Phi) is 6.99. The second-order valence-electron chi connectivity index (χ2n) is 7.56. The van der Waals surface area contributed by atoms with Crippen molar-refractivity contribution in [3.63, 3.8) is 0 Å². The van der Waals surface area contributed by atoms with Crippen LogP contribution in [0.3, 0.4) is 0 Å². The van der Waals surface area contributed by atoms with E-state index in [-0.39, 0.29) is 29.8 Å². The number of rotatable bonds is 7. The van der Waals surface area contributed by atoms with Crippen molar-refractivity contribution in [3.05, 3.63) is 11.8 Å². The molecular formula is C18H32N4O2. The average Bonchev–Trinajstić information content (AvgIpc) is 2.83. The zero-order valence-electron chi connectivity index (χ0n) is 16.1. The van der Waals surface area contributed by atoms with Gasteiger partial charge in [0.25, 0.3) is 0 Å². The van der Waals surface area contributed by atoms with Crippen molar-refractivity contribution in [2.45, 2.75) is 72.3 Å². The van der Waals surface area contributed by atoms with E-state index in [1.165, 1.54) is 0 Å². The molecule has 0 radical (unpaired) electrons. The van der Waals surface area contributed by atoms with Crippen LogP contribution in [0.5, 0.6) is 0 Å². The number of carbonyl (C=O) groups excluding carboxylic acids is 2. The third-order valence-electron chi connectivity index (χ3n) is 3.92. The topological polar surface area (TPSA) is 67.2 Å². The van der Waals surface area contributed by atoms with Crippen LogP contribution in [0.4, 0.5) is 5.82 Å². The van der Waals surface area contributed by atoms with Crippen LogP contribution in [-0.2, 0) is 22.1 Å². The van der Waals surface area contributed by atoms with Crippen LogP contribution in [0.25, 0.3) is 0 Å². The quantitative estimate of drug-likeness (QED) is 0.832. The molecule has 1 aromatic heterocycles. The monoisotopic (exact) mass is 336 g/mol. The van der Waals surface area contributed by atoms with Gasteiger partial charge in [-0.25, -0.2) is 0 Å². The van der Waals surface area contributed by atoms with Crippen LogP contribution < -0.4 is 5.32 Å². The molecule has 0 aromatic carbocycles. The third-order valence-corrected chi connectivity index (χ3v) is 3.92. The lowest BCUT2D eigenvalue weighted by atomic mass is 9.92. The number of unbranched alkanes of at least 4 members (excludes halogenated alkanes) is 1. The normalized spacial score (nSPS) is 11.7. The molecule has 0 saturated carbocycles. The molecule has 0 aliphatic rings. The Labute approximate surface area is 145 Å². The number of hydrogen-bond donors (Lipinski definition) is 1. The first-order chi connectivity index (χ1) is 11.1. The molecule has 6 heteroatoms. The van der Waals surface area contributed by atoms with Crippen molar-refractivity contribution in [1.82, 2.24) is 14.7 Å². The number of amides is 2. The van der Waals surface area contributed by atoms with E-state index >= 15 is 0 Å². The first-order valence-electron chi connectivity index (χ1n) is 8.70. The number of nitrogens with one attached hydrogen (secondary N) is 1. The number of carbonyl (C=O) groups is 2. The highest BCUT2D eigenvalue weighted by atomic mass is 16.2. The molecule has 6 nitrogen and oxygen atoms in total. The number of hydrogen-bond acceptors (Lipinski definition) is 3. The van der Waals surface area contributed by atoms with Crippen molar-refractivity contribution in [1.29, 1.82) is 0 Å². The van der Waals surface area contributed by atoms with E-state index in [4.69, 9.17) is 0 Å². The van der Waals surface area contributed by atoms with Gasteiger partial charge in [0.1, 0.15) is 12.4 Å². The standard InChI is InChI=1S/C18H32N4O2/c1-8-9-10-17(24)22(13(2)3)12-16(23)19-15-11-14(18(4,5)6)20-21(15)7/h11,13H,8-10,12H2,1-7H3,(H,19,23). The van der Waals surface area contributed by atoms with Gasteiger partial charge in [0.2, 0.25) is 11.8 Å². The summed E-state index contributed by atoms with van der Waals surface area (Å²) < 4.78 is 1.66. The Morgan fingerprint density at radius 2 is 1.96 bits per heavy atom. The molecule has 0 fully saturated rings. The largest absolute Gasteiger partial charge is 0.331 e. The summed E-state index contributed by atoms with van der Waals surface area (Å²) in [5, 5.41) is 7.31. The Morgan fingerprint density at radius 3 is 2.42 bits per heavy atom. The summed E-state index contributed by atoms with van der Waals surface area (Å²) in [5.41, 5.74) is 0.834. The van der Waals surface area contributed by atoms with E-state index in [9.17, 15) is 9.59 Å². The van der Waals surface area contributed by atoms with Gasteiger partial charge in [-0.3, -0.25) is 14.3 Å². The third kappa shape index (κ3) is 5.65.